The Balaban J connectivity index is 2.27. The predicted octanol–water partition coefficient (Wildman–Crippen LogP) is 4.61. The Morgan fingerprint density at radius 1 is 1.00 bits per heavy atom. The summed E-state index contributed by atoms with van der Waals surface area (Å²) in [5.41, 5.74) is 2.48. The Bertz CT molecular complexity index is 312. The highest BCUT2D eigenvalue weighted by molar-refractivity contribution is 5.50. The average molecular weight is 249 g/mol. The van der Waals surface area contributed by atoms with Gasteiger partial charge in [-0.25, -0.2) is 0 Å². The lowest BCUT2D eigenvalue weighted by molar-refractivity contribution is 0.134. The van der Waals surface area contributed by atoms with Crippen LogP contribution in [0.15, 0.2) is 24.3 Å². The highest BCUT2D eigenvalue weighted by atomic mass is 16.5. The molecule has 2 heteroatoms. The molecular weight excluding hydrogens is 222 g/mol. The topological polar surface area (TPSA) is 21.3 Å². The molecule has 18 heavy (non-hydrogen) atoms. The third kappa shape index (κ3) is 6.06. The van der Waals surface area contributed by atoms with Crippen molar-refractivity contribution in [3.8, 4) is 0 Å². The number of unbranched alkanes of at least 4 members (excludes halogenated alkanes) is 4. The molecule has 1 N–H and O–H groups in total. The van der Waals surface area contributed by atoms with Crippen molar-refractivity contribution in [1.82, 2.24) is 0 Å². The zero-order valence-electron chi connectivity index (χ0n) is 11.9. The normalized spacial score (nSPS) is 10.6. The predicted molar refractivity (Wildman–Crippen MR) is 79.0 cm³/mol. The van der Waals surface area contributed by atoms with Gasteiger partial charge in [0.25, 0.3) is 0 Å². The van der Waals surface area contributed by atoms with Gasteiger partial charge in [-0.2, -0.15) is 0 Å². The second-order valence-electron chi connectivity index (χ2n) is 4.64. The largest absolute Gasteiger partial charge is 0.385 e. The summed E-state index contributed by atoms with van der Waals surface area (Å²) in [6, 6.07) is 8.42. The van der Waals surface area contributed by atoms with E-state index in [-0.39, 0.29) is 0 Å². The van der Waals surface area contributed by atoms with E-state index in [9.17, 15) is 0 Å². The first-order chi connectivity index (χ1) is 8.88. The number of benzene rings is 1. The molecule has 0 aliphatic carbocycles. The Hall–Kier alpha value is -1.02. The Labute approximate surface area is 112 Å². The number of hydrogen-bond donors (Lipinski definition) is 1. The van der Waals surface area contributed by atoms with Crippen molar-refractivity contribution in [3.05, 3.63) is 29.8 Å². The van der Waals surface area contributed by atoms with Crippen LogP contribution >= 0.6 is 0 Å². The molecule has 1 rings (SSSR count). The smallest absolute Gasteiger partial charge is 0.0736 e. The van der Waals surface area contributed by atoms with E-state index in [2.05, 4.69) is 36.5 Å². The van der Waals surface area contributed by atoms with Crippen LogP contribution in [-0.2, 0) is 11.3 Å². The van der Waals surface area contributed by atoms with Crippen molar-refractivity contribution < 1.29 is 4.74 Å². The van der Waals surface area contributed by atoms with Gasteiger partial charge in [-0.15, -0.1) is 0 Å². The van der Waals surface area contributed by atoms with Crippen LogP contribution in [0.4, 0.5) is 5.69 Å². The summed E-state index contributed by atoms with van der Waals surface area (Å²) in [7, 11) is 0. The number of anilines is 1. The van der Waals surface area contributed by atoms with Crippen LogP contribution in [0, 0.1) is 0 Å². The molecule has 0 saturated heterocycles. The lowest BCUT2D eigenvalue weighted by Gasteiger charge is -2.11. The Kier molecular flexibility index (Phi) is 8.32. The summed E-state index contributed by atoms with van der Waals surface area (Å²) in [6.45, 7) is 6.82. The number of nitrogens with one attached hydrogen (secondary N) is 1. The quantitative estimate of drug-likeness (QED) is 0.612. The SMILES string of the molecule is CCCCCCCNc1ccccc1COCC. The Morgan fingerprint density at radius 3 is 2.56 bits per heavy atom. The van der Waals surface area contributed by atoms with Crippen LogP contribution in [0.3, 0.4) is 0 Å². The highest BCUT2D eigenvalue weighted by Crippen LogP contribution is 2.16. The van der Waals surface area contributed by atoms with Crippen molar-refractivity contribution in [1.29, 1.82) is 0 Å². The van der Waals surface area contributed by atoms with Crippen LogP contribution in [0.1, 0.15) is 51.5 Å². The van der Waals surface area contributed by atoms with E-state index in [0.29, 0.717) is 6.61 Å². The van der Waals surface area contributed by atoms with Gasteiger partial charge in [-0.05, 0) is 19.4 Å². The highest BCUT2D eigenvalue weighted by Gasteiger charge is 2.00. The second kappa shape index (κ2) is 9.95. The second-order valence-corrected chi connectivity index (χ2v) is 4.64. The molecule has 0 bridgehead atoms. The molecule has 0 aromatic heterocycles. The molecule has 0 aliphatic heterocycles. The lowest BCUT2D eigenvalue weighted by Crippen LogP contribution is -2.05. The van der Waals surface area contributed by atoms with Gasteiger partial charge in [-0.3, -0.25) is 0 Å². The van der Waals surface area contributed by atoms with Crippen LogP contribution in [0.5, 0.6) is 0 Å². The summed E-state index contributed by atoms with van der Waals surface area (Å²) in [5.74, 6) is 0. The fourth-order valence-corrected chi connectivity index (χ4v) is 1.98. The van der Waals surface area contributed by atoms with Gasteiger partial charge in [-0.1, -0.05) is 50.8 Å². The number of rotatable bonds is 10. The first-order valence-corrected chi connectivity index (χ1v) is 7.28. The molecule has 0 amide bonds. The number of para-hydroxylation sites is 1. The summed E-state index contributed by atoms with van der Waals surface area (Å²) in [5, 5.41) is 3.52. The van der Waals surface area contributed by atoms with Crippen molar-refractivity contribution in [3.63, 3.8) is 0 Å². The zero-order chi connectivity index (χ0) is 13.1. The molecule has 0 fully saturated rings. The van der Waals surface area contributed by atoms with Gasteiger partial charge >= 0.3 is 0 Å². The van der Waals surface area contributed by atoms with Gasteiger partial charge in [0.1, 0.15) is 0 Å². The maximum Gasteiger partial charge on any atom is 0.0736 e. The van der Waals surface area contributed by atoms with E-state index in [0.717, 1.165) is 13.2 Å². The van der Waals surface area contributed by atoms with Gasteiger partial charge in [0.15, 0.2) is 0 Å². The minimum absolute atomic E-state index is 0.704. The van der Waals surface area contributed by atoms with Crippen molar-refractivity contribution >= 4 is 5.69 Å². The third-order valence-electron chi connectivity index (χ3n) is 3.07. The molecule has 0 aliphatic rings. The van der Waals surface area contributed by atoms with E-state index in [1.54, 1.807) is 0 Å². The standard InChI is InChI=1S/C16H27NO/c1-3-5-6-7-10-13-17-16-12-9-8-11-15(16)14-18-4-2/h8-9,11-12,17H,3-7,10,13-14H2,1-2H3. The minimum Gasteiger partial charge on any atom is -0.385 e. The van der Waals surface area contributed by atoms with E-state index in [4.69, 9.17) is 4.74 Å². The average Bonchev–Trinajstić information content (AvgIpc) is 2.41. The Morgan fingerprint density at radius 2 is 1.78 bits per heavy atom. The fraction of sp³-hybridized carbons (Fsp3) is 0.625. The molecule has 0 unspecified atom stereocenters. The first-order valence-electron chi connectivity index (χ1n) is 7.28. The van der Waals surface area contributed by atoms with Gasteiger partial charge in [0.05, 0.1) is 6.61 Å². The first kappa shape index (κ1) is 15.0. The van der Waals surface area contributed by atoms with Crippen LogP contribution < -0.4 is 5.32 Å². The third-order valence-corrected chi connectivity index (χ3v) is 3.07. The van der Waals surface area contributed by atoms with E-state index < -0.39 is 0 Å². The van der Waals surface area contributed by atoms with Gasteiger partial charge < -0.3 is 10.1 Å². The molecule has 0 radical (unpaired) electrons. The summed E-state index contributed by atoms with van der Waals surface area (Å²) >= 11 is 0. The summed E-state index contributed by atoms with van der Waals surface area (Å²) in [6.07, 6.45) is 6.61. The van der Waals surface area contributed by atoms with E-state index >= 15 is 0 Å². The van der Waals surface area contributed by atoms with Crippen LogP contribution in [0.25, 0.3) is 0 Å². The molecule has 102 valence electrons. The van der Waals surface area contributed by atoms with Gasteiger partial charge in [0, 0.05) is 24.4 Å². The van der Waals surface area contributed by atoms with Crippen LogP contribution in [-0.4, -0.2) is 13.2 Å². The van der Waals surface area contributed by atoms with Crippen molar-refractivity contribution in [2.75, 3.05) is 18.5 Å². The molecule has 0 spiro atoms. The number of ether oxygens (including phenoxy) is 1. The summed E-state index contributed by atoms with van der Waals surface area (Å²) < 4.78 is 5.48. The van der Waals surface area contributed by atoms with Crippen molar-refractivity contribution in [2.45, 2.75) is 52.6 Å². The van der Waals surface area contributed by atoms with Crippen LogP contribution in [0.2, 0.25) is 0 Å². The van der Waals surface area contributed by atoms with E-state index in [1.807, 2.05) is 6.92 Å². The maximum absolute atomic E-state index is 5.48. The molecule has 2 nitrogen and oxygen atoms in total. The van der Waals surface area contributed by atoms with Gasteiger partial charge in [0.2, 0.25) is 0 Å². The summed E-state index contributed by atoms with van der Waals surface area (Å²) in [4.78, 5) is 0. The molecule has 0 atom stereocenters. The number of hydrogen-bond acceptors (Lipinski definition) is 2. The van der Waals surface area contributed by atoms with E-state index in [1.165, 1.54) is 43.4 Å². The molecule has 1 aromatic rings. The lowest BCUT2D eigenvalue weighted by atomic mass is 10.1. The molecule has 1 aromatic carbocycles. The maximum atomic E-state index is 5.48. The van der Waals surface area contributed by atoms with Crippen molar-refractivity contribution in [2.24, 2.45) is 0 Å². The fourth-order valence-electron chi connectivity index (χ4n) is 1.98. The zero-order valence-corrected chi connectivity index (χ0v) is 11.9. The molecular formula is C16H27NO. The molecule has 0 saturated carbocycles. The molecule has 0 heterocycles. The monoisotopic (exact) mass is 249 g/mol. The minimum atomic E-state index is 0.704.